The normalized spacial score (nSPS) is 13.2. The number of aliphatic imine (C=N–C) groups is 1. The van der Waals surface area contributed by atoms with Crippen LogP contribution in [-0.4, -0.2) is 24.0 Å². The van der Waals surface area contributed by atoms with Gasteiger partial charge in [0.2, 0.25) is 0 Å². The maximum absolute atomic E-state index is 6.07. The van der Waals surface area contributed by atoms with Gasteiger partial charge in [-0.2, -0.15) is 0 Å². The van der Waals surface area contributed by atoms with Gasteiger partial charge in [0, 0.05) is 11.0 Å². The lowest BCUT2D eigenvalue weighted by Gasteiger charge is -2.39. The number of hydrogen-bond acceptors (Lipinski definition) is 3. The van der Waals surface area contributed by atoms with Gasteiger partial charge in [0.25, 0.3) is 0 Å². The van der Waals surface area contributed by atoms with Crippen molar-refractivity contribution in [2.45, 2.75) is 45.9 Å². The molecule has 0 aliphatic carbocycles. The summed E-state index contributed by atoms with van der Waals surface area (Å²) in [6.07, 6.45) is 1.06. The molecule has 180 valence electrons. The summed E-state index contributed by atoms with van der Waals surface area (Å²) in [7, 11) is -1.95. The van der Waals surface area contributed by atoms with Crippen LogP contribution in [0.15, 0.2) is 96.0 Å². The summed E-state index contributed by atoms with van der Waals surface area (Å²) in [4.78, 5) is 4.06. The predicted octanol–water partition coefficient (Wildman–Crippen LogP) is 3.28. The predicted molar refractivity (Wildman–Crippen MR) is 149 cm³/mol. The van der Waals surface area contributed by atoms with Crippen LogP contribution in [0.2, 0.25) is 0 Å². The minimum Gasteiger partial charge on any atom is -0.370 e. The average Bonchev–Trinajstić information content (AvgIpc) is 2.77. The summed E-state index contributed by atoms with van der Waals surface area (Å²) in [6.45, 7) is 8.99. The molecule has 3 aromatic carbocycles. The lowest BCUT2D eigenvalue weighted by Crippen LogP contribution is -2.51. The number of hydrogen-bond donors (Lipinski definition) is 4. The van der Waals surface area contributed by atoms with Crippen molar-refractivity contribution < 1.29 is 0 Å². The fourth-order valence-corrected chi connectivity index (χ4v) is 10.1. The van der Waals surface area contributed by atoms with Crippen molar-refractivity contribution in [1.29, 1.82) is 0 Å². The summed E-state index contributed by atoms with van der Waals surface area (Å²) in [6, 6.07) is 33.0. The molecule has 0 amide bonds. The SMILES string of the molecule is CC(C)(CC(C)(C)NC(N)=NC(N)N)C[P+](c1ccccc1)(c1ccccc1)c1ccccc1. The highest BCUT2D eigenvalue weighted by Crippen LogP contribution is 2.59. The van der Waals surface area contributed by atoms with Crippen LogP contribution >= 0.6 is 7.26 Å². The molecule has 0 aliphatic rings. The van der Waals surface area contributed by atoms with Crippen molar-refractivity contribution in [3.05, 3.63) is 91.0 Å². The number of nitrogens with two attached hydrogens (primary N) is 3. The van der Waals surface area contributed by atoms with E-state index in [1.807, 2.05) is 0 Å². The highest BCUT2D eigenvalue weighted by atomic mass is 31.2. The van der Waals surface area contributed by atoms with Crippen LogP contribution in [0.4, 0.5) is 0 Å². The largest absolute Gasteiger partial charge is 0.370 e. The van der Waals surface area contributed by atoms with Crippen LogP contribution in [-0.2, 0) is 0 Å². The van der Waals surface area contributed by atoms with Crippen molar-refractivity contribution in [3.63, 3.8) is 0 Å². The fourth-order valence-electron chi connectivity index (χ4n) is 5.25. The molecule has 0 spiro atoms. The van der Waals surface area contributed by atoms with Gasteiger partial charge in [-0.05, 0) is 56.7 Å². The van der Waals surface area contributed by atoms with Gasteiger partial charge >= 0.3 is 0 Å². The van der Waals surface area contributed by atoms with E-state index in [9.17, 15) is 0 Å². The van der Waals surface area contributed by atoms with E-state index in [2.05, 4.69) is 129 Å². The maximum atomic E-state index is 6.07. The van der Waals surface area contributed by atoms with Crippen molar-refractivity contribution >= 4 is 29.1 Å². The molecule has 0 aromatic heterocycles. The Bertz CT molecular complexity index is 967. The average molecular weight is 477 g/mol. The molecule has 6 heteroatoms. The second-order valence-electron chi connectivity index (χ2n) is 10.3. The standard InChI is InChI=1S/C28H39N5P/c1-27(2,20-28(3,4)33-26(31)32-25(29)30)21-34(22-14-8-5-9-15-22,23-16-10-6-11-17-23)24-18-12-7-13-19-24/h5-19,25H,20-21,29-30H2,1-4H3,(H3,31,32,33)/q+1. The van der Waals surface area contributed by atoms with Gasteiger partial charge in [-0.1, -0.05) is 68.4 Å². The second kappa shape index (κ2) is 10.7. The minimum absolute atomic E-state index is 0.0308. The molecule has 34 heavy (non-hydrogen) atoms. The summed E-state index contributed by atoms with van der Waals surface area (Å²) < 4.78 is 0. The summed E-state index contributed by atoms with van der Waals surface area (Å²) >= 11 is 0. The number of benzene rings is 3. The third kappa shape index (κ3) is 6.44. The Balaban J connectivity index is 2.09. The molecule has 0 atom stereocenters. The monoisotopic (exact) mass is 476 g/mol. The molecule has 5 nitrogen and oxygen atoms in total. The van der Waals surface area contributed by atoms with E-state index >= 15 is 0 Å². The Hall–Kier alpha value is -2.72. The molecule has 0 bridgehead atoms. The Kier molecular flexibility index (Phi) is 8.14. The van der Waals surface area contributed by atoms with E-state index in [0.717, 1.165) is 12.6 Å². The molecule has 0 unspecified atom stereocenters. The van der Waals surface area contributed by atoms with Crippen LogP contribution in [0.5, 0.6) is 0 Å². The van der Waals surface area contributed by atoms with E-state index in [4.69, 9.17) is 17.2 Å². The first kappa shape index (κ1) is 25.9. The van der Waals surface area contributed by atoms with Gasteiger partial charge in [0.1, 0.15) is 23.2 Å². The third-order valence-electron chi connectivity index (χ3n) is 5.93. The zero-order valence-electron chi connectivity index (χ0n) is 20.8. The Morgan fingerprint density at radius 2 is 1.15 bits per heavy atom. The second-order valence-corrected chi connectivity index (χ2v) is 13.8. The van der Waals surface area contributed by atoms with Gasteiger partial charge in [0.05, 0.1) is 6.16 Å². The molecule has 7 N–H and O–H groups in total. The minimum atomic E-state index is -1.95. The zero-order valence-corrected chi connectivity index (χ0v) is 21.7. The Morgan fingerprint density at radius 3 is 1.50 bits per heavy atom. The van der Waals surface area contributed by atoms with E-state index in [1.54, 1.807) is 0 Å². The maximum Gasteiger partial charge on any atom is 0.191 e. The molecule has 0 saturated carbocycles. The van der Waals surface area contributed by atoms with Gasteiger partial charge < -0.3 is 11.1 Å². The van der Waals surface area contributed by atoms with Gasteiger partial charge in [-0.3, -0.25) is 11.5 Å². The van der Waals surface area contributed by atoms with E-state index in [1.165, 1.54) is 15.9 Å². The summed E-state index contributed by atoms with van der Waals surface area (Å²) in [5, 5.41) is 7.50. The van der Waals surface area contributed by atoms with Crippen LogP contribution < -0.4 is 38.4 Å². The summed E-state index contributed by atoms with van der Waals surface area (Å²) in [5.41, 5.74) is 16.9. The molecule has 0 radical (unpaired) electrons. The van der Waals surface area contributed by atoms with Crippen LogP contribution in [0, 0.1) is 5.41 Å². The summed E-state index contributed by atoms with van der Waals surface area (Å²) in [5.74, 6) is 0.269. The lowest BCUT2D eigenvalue weighted by atomic mass is 9.81. The first-order valence-corrected chi connectivity index (χ1v) is 13.7. The molecule has 3 aromatic rings. The molecule has 3 rings (SSSR count). The Labute approximate surface area is 205 Å². The highest BCUT2D eigenvalue weighted by molar-refractivity contribution is 7.95. The third-order valence-corrected chi connectivity index (χ3v) is 10.8. The van der Waals surface area contributed by atoms with Gasteiger partial charge in [-0.15, -0.1) is 0 Å². The lowest BCUT2D eigenvalue weighted by molar-refractivity contribution is 0.270. The van der Waals surface area contributed by atoms with Gasteiger partial charge in [-0.25, -0.2) is 4.99 Å². The van der Waals surface area contributed by atoms with E-state index < -0.39 is 13.6 Å². The van der Waals surface area contributed by atoms with Crippen molar-refractivity contribution in [2.24, 2.45) is 27.6 Å². The van der Waals surface area contributed by atoms with Crippen LogP contribution in [0.25, 0.3) is 0 Å². The topological polar surface area (TPSA) is 102 Å². The Morgan fingerprint density at radius 1 is 0.765 bits per heavy atom. The number of guanidine groups is 1. The molecule has 0 fully saturated rings. The molecular formula is C28H39N5P+. The quantitative estimate of drug-likeness (QED) is 0.165. The molecular weight excluding hydrogens is 437 g/mol. The number of nitrogens with zero attached hydrogens (tertiary/aromatic N) is 1. The van der Waals surface area contributed by atoms with Gasteiger partial charge in [0.15, 0.2) is 12.2 Å². The van der Waals surface area contributed by atoms with Crippen molar-refractivity contribution in [1.82, 2.24) is 5.32 Å². The van der Waals surface area contributed by atoms with Crippen LogP contribution in [0.1, 0.15) is 34.1 Å². The number of nitrogens with one attached hydrogen (secondary N) is 1. The van der Waals surface area contributed by atoms with Crippen LogP contribution in [0.3, 0.4) is 0 Å². The van der Waals surface area contributed by atoms with Crippen molar-refractivity contribution in [2.75, 3.05) is 6.16 Å². The van der Waals surface area contributed by atoms with E-state index in [0.29, 0.717) is 0 Å². The number of rotatable bonds is 9. The zero-order chi connectivity index (χ0) is 24.8. The smallest absolute Gasteiger partial charge is 0.191 e. The first-order valence-electron chi connectivity index (χ1n) is 11.7. The van der Waals surface area contributed by atoms with E-state index in [-0.39, 0.29) is 16.9 Å². The molecule has 0 saturated heterocycles. The molecule has 0 heterocycles. The highest BCUT2D eigenvalue weighted by Gasteiger charge is 2.50. The molecule has 0 aliphatic heterocycles. The first-order chi connectivity index (χ1) is 16.0. The fraction of sp³-hybridized carbons (Fsp3) is 0.321. The van der Waals surface area contributed by atoms with Crippen molar-refractivity contribution in [3.8, 4) is 0 Å².